The van der Waals surface area contributed by atoms with Crippen LogP contribution in [0.5, 0.6) is 5.75 Å². The third-order valence-electron chi connectivity index (χ3n) is 14.8. The van der Waals surface area contributed by atoms with Gasteiger partial charge < -0.3 is 49.8 Å². The number of unbranched alkanes of at least 4 members (excludes halogenated alkanes) is 1. The van der Waals surface area contributed by atoms with Gasteiger partial charge in [-0.2, -0.15) is 0 Å². The van der Waals surface area contributed by atoms with Crippen molar-refractivity contribution in [1.29, 1.82) is 0 Å². The summed E-state index contributed by atoms with van der Waals surface area (Å²) in [6, 6.07) is 12.1. The number of phenols is 1. The van der Waals surface area contributed by atoms with E-state index in [1.54, 1.807) is 11.3 Å². The van der Waals surface area contributed by atoms with Gasteiger partial charge in [-0.15, -0.1) is 11.3 Å². The molecule has 9 atom stereocenters. The predicted octanol–water partition coefficient (Wildman–Crippen LogP) is 5.92. The molecule has 1 aromatic heterocycles. The number of nitrogens with one attached hydrogen (secondary N) is 2. The fourth-order valence-corrected chi connectivity index (χ4v) is 12.2. The molecule has 7 rings (SSSR count). The number of amides is 3. The molecule has 0 spiro atoms. The number of hydrogen-bond donors (Lipinski definition) is 5. The van der Waals surface area contributed by atoms with Gasteiger partial charge in [0.2, 0.25) is 17.7 Å². The maximum absolute atomic E-state index is 13.7. The first-order valence-corrected chi connectivity index (χ1v) is 25.1. The number of benzene rings is 2. The second-order valence-corrected chi connectivity index (χ2v) is 20.4. The number of thiazole rings is 1. The minimum absolute atomic E-state index is 0.00312. The summed E-state index contributed by atoms with van der Waals surface area (Å²) >= 11 is 1.58. The van der Waals surface area contributed by atoms with Gasteiger partial charge in [0.1, 0.15) is 24.4 Å². The molecule has 1 aliphatic heterocycles. The van der Waals surface area contributed by atoms with Crippen molar-refractivity contribution in [1.82, 2.24) is 20.5 Å². The van der Waals surface area contributed by atoms with Crippen molar-refractivity contribution in [2.45, 2.75) is 122 Å². The van der Waals surface area contributed by atoms with Crippen LogP contribution in [0.3, 0.4) is 0 Å². The standard InChI is InChI=1S/C51H72N4O10S/c1-32(2)47(50(61)55-29-39(57)27-43(55)49(60)52-28-34-8-10-35(11-9-34)48-33(3)53-31-66-48)54-45(59)30-65-24-23-64-22-21-63-20-19-62-18-6-5-7-36-25-37-26-38(56)12-13-40(37)41-16-17-51(4)42(46(36)41)14-15-44(51)58/h8-13,26,31-32,36,39,41-44,46-47,56-58H,5-7,14-25,27-30H2,1-4H3,(H,52,60)(H,54,59)/t36-,39-,41-,42+,43+,44+,46-,47?,51+/m1/s1. The Balaban J connectivity index is 0.723. The molecule has 5 N–H and O–H groups in total. The van der Waals surface area contributed by atoms with Crippen molar-refractivity contribution in [3.8, 4) is 16.2 Å². The number of aliphatic hydroxyl groups is 2. The van der Waals surface area contributed by atoms with E-state index in [0.29, 0.717) is 62.5 Å². The lowest BCUT2D eigenvalue weighted by atomic mass is 9.52. The van der Waals surface area contributed by atoms with Crippen molar-refractivity contribution in [2.75, 3.05) is 59.4 Å². The highest BCUT2D eigenvalue weighted by Gasteiger charge is 2.56. The number of nitrogens with zero attached hydrogens (tertiary/aromatic N) is 2. The van der Waals surface area contributed by atoms with Gasteiger partial charge in [-0.05, 0) is 121 Å². The Bertz CT molecular complexity index is 2060. The molecule has 2 heterocycles. The molecule has 3 amide bonds. The Morgan fingerprint density at radius 1 is 0.924 bits per heavy atom. The van der Waals surface area contributed by atoms with E-state index in [1.165, 1.54) is 16.0 Å². The van der Waals surface area contributed by atoms with Gasteiger partial charge in [0.05, 0.1) is 67.9 Å². The van der Waals surface area contributed by atoms with E-state index in [0.717, 1.165) is 73.1 Å². The number of aromatic hydroxyl groups is 1. The first kappa shape index (κ1) is 49.9. The number of hydrogen-bond acceptors (Lipinski definition) is 12. The topological polar surface area (TPSA) is 189 Å². The van der Waals surface area contributed by atoms with E-state index in [4.69, 9.17) is 18.9 Å². The molecule has 66 heavy (non-hydrogen) atoms. The number of rotatable bonds is 23. The van der Waals surface area contributed by atoms with E-state index in [1.807, 2.05) is 62.7 Å². The molecule has 3 fully saturated rings. The van der Waals surface area contributed by atoms with Crippen LogP contribution in [0.25, 0.3) is 10.4 Å². The molecule has 362 valence electrons. The molecule has 14 nitrogen and oxygen atoms in total. The van der Waals surface area contributed by atoms with Crippen LogP contribution in [0.4, 0.5) is 0 Å². The van der Waals surface area contributed by atoms with Crippen LogP contribution < -0.4 is 10.6 Å². The van der Waals surface area contributed by atoms with Crippen molar-refractivity contribution in [3.05, 3.63) is 70.4 Å². The van der Waals surface area contributed by atoms with E-state index in [9.17, 15) is 29.7 Å². The van der Waals surface area contributed by atoms with Crippen LogP contribution in [-0.2, 0) is 46.3 Å². The van der Waals surface area contributed by atoms with E-state index < -0.39 is 30.0 Å². The van der Waals surface area contributed by atoms with Crippen LogP contribution in [0, 0.1) is 36.0 Å². The predicted molar refractivity (Wildman–Crippen MR) is 252 cm³/mol. The number of carbonyl (C=O) groups is 3. The summed E-state index contributed by atoms with van der Waals surface area (Å²) in [5.74, 6) is 1.02. The number of likely N-dealkylation sites (tertiary alicyclic amines) is 1. The molecule has 2 aromatic carbocycles. The summed E-state index contributed by atoms with van der Waals surface area (Å²) in [5, 5.41) is 37.4. The zero-order valence-corrected chi connectivity index (χ0v) is 40.1. The zero-order chi connectivity index (χ0) is 46.8. The van der Waals surface area contributed by atoms with Crippen molar-refractivity contribution in [2.24, 2.45) is 29.1 Å². The second kappa shape index (κ2) is 23.4. The second-order valence-electron chi connectivity index (χ2n) is 19.5. The van der Waals surface area contributed by atoms with Crippen molar-refractivity contribution < 1.29 is 48.7 Å². The van der Waals surface area contributed by atoms with E-state index in [-0.39, 0.29) is 62.7 Å². The Kier molecular flexibility index (Phi) is 17.7. The number of ether oxygens (including phenoxy) is 4. The average molecular weight is 933 g/mol. The lowest BCUT2D eigenvalue weighted by Gasteiger charge is -2.53. The lowest BCUT2D eigenvalue weighted by molar-refractivity contribution is -0.143. The smallest absolute Gasteiger partial charge is 0.246 e. The number of aryl methyl sites for hydroxylation is 1. The summed E-state index contributed by atoms with van der Waals surface area (Å²) in [6.07, 6.45) is 7.45. The number of phenolic OH excluding ortho intramolecular Hbond substituents is 1. The van der Waals surface area contributed by atoms with Gasteiger partial charge in [-0.1, -0.05) is 57.5 Å². The highest BCUT2D eigenvalue weighted by atomic mass is 32.1. The molecule has 1 unspecified atom stereocenters. The van der Waals surface area contributed by atoms with E-state index >= 15 is 0 Å². The van der Waals surface area contributed by atoms with Gasteiger partial charge in [-0.3, -0.25) is 14.4 Å². The van der Waals surface area contributed by atoms with Gasteiger partial charge in [0.25, 0.3) is 0 Å². The fourth-order valence-electron chi connectivity index (χ4n) is 11.3. The van der Waals surface area contributed by atoms with Crippen LogP contribution in [0.15, 0.2) is 48.0 Å². The summed E-state index contributed by atoms with van der Waals surface area (Å²) < 4.78 is 22.7. The van der Waals surface area contributed by atoms with E-state index in [2.05, 4.69) is 28.6 Å². The zero-order valence-electron chi connectivity index (χ0n) is 39.3. The van der Waals surface area contributed by atoms with Crippen LogP contribution in [0.2, 0.25) is 0 Å². The summed E-state index contributed by atoms with van der Waals surface area (Å²) in [5.41, 5.74) is 7.48. The van der Waals surface area contributed by atoms with Gasteiger partial charge >= 0.3 is 0 Å². The van der Waals surface area contributed by atoms with Gasteiger partial charge in [0, 0.05) is 26.1 Å². The van der Waals surface area contributed by atoms with Crippen LogP contribution in [-0.4, -0.2) is 127 Å². The number of aromatic nitrogens is 1. The Labute approximate surface area is 394 Å². The minimum atomic E-state index is -0.899. The highest BCUT2D eigenvalue weighted by molar-refractivity contribution is 7.13. The molecule has 0 radical (unpaired) electrons. The summed E-state index contributed by atoms with van der Waals surface area (Å²) in [7, 11) is 0. The molecule has 3 aliphatic carbocycles. The van der Waals surface area contributed by atoms with Gasteiger partial charge in [-0.25, -0.2) is 4.98 Å². The van der Waals surface area contributed by atoms with Crippen molar-refractivity contribution in [3.63, 3.8) is 0 Å². The third-order valence-corrected chi connectivity index (χ3v) is 15.8. The molecule has 0 bridgehead atoms. The number of β-amino-alcohol motifs (C(OH)–C–C–N with tert-alkyl or cyclic N) is 1. The van der Waals surface area contributed by atoms with Crippen molar-refractivity contribution >= 4 is 29.1 Å². The summed E-state index contributed by atoms with van der Waals surface area (Å²) in [4.78, 5) is 46.7. The van der Waals surface area contributed by atoms with Gasteiger partial charge in [0.15, 0.2) is 0 Å². The fraction of sp³-hybridized carbons (Fsp3) is 0.647. The lowest BCUT2D eigenvalue weighted by Crippen LogP contribution is -2.55. The average Bonchev–Trinajstić information content (AvgIpc) is 4.01. The van der Waals surface area contributed by atoms with Crippen LogP contribution >= 0.6 is 11.3 Å². The Hall–Kier alpha value is -3.96. The molecule has 4 aliphatic rings. The van der Waals surface area contributed by atoms with Crippen LogP contribution in [0.1, 0.15) is 100 Å². The maximum Gasteiger partial charge on any atom is 0.246 e. The number of carbonyl (C=O) groups excluding carboxylic acids is 3. The SMILES string of the molecule is Cc1ncsc1-c1ccc(CNC(=O)[C@@H]2C[C@@H](O)CN2C(=O)C(NC(=O)COCCOCCOCCOCCCC[C@@H]2Cc3cc(O)ccc3[C@H]3CC[C@]4(C)[C@@H](O)CC[C@H]4[C@H]23)C(C)C)cc1. The monoisotopic (exact) mass is 932 g/mol. The molecule has 1 saturated heterocycles. The molecular formula is C51H72N4O10S. The Morgan fingerprint density at radius 2 is 1.64 bits per heavy atom. The molecular weight excluding hydrogens is 861 g/mol. The molecule has 2 saturated carbocycles. The third kappa shape index (κ3) is 12.2. The first-order valence-electron chi connectivity index (χ1n) is 24.2. The maximum atomic E-state index is 13.7. The quantitative estimate of drug-likeness (QED) is 0.0711. The first-order chi connectivity index (χ1) is 31.8. The molecule has 3 aromatic rings. The Morgan fingerprint density at radius 3 is 2.33 bits per heavy atom. The largest absolute Gasteiger partial charge is 0.508 e. The number of aliphatic hydroxyl groups excluding tert-OH is 2. The summed E-state index contributed by atoms with van der Waals surface area (Å²) in [6.45, 7) is 10.8. The minimum Gasteiger partial charge on any atom is -0.508 e. The highest BCUT2D eigenvalue weighted by Crippen LogP contribution is 2.62. The molecule has 15 heteroatoms. The number of fused-ring (bicyclic) bond motifs is 5. The normalized spacial score (nSPS) is 26.2.